The highest BCUT2D eigenvalue weighted by atomic mass is 15.5. The van der Waals surface area contributed by atoms with Gasteiger partial charge in [0.25, 0.3) is 0 Å². The minimum Gasteiger partial charge on any atom is -0.329 e. The number of aromatic nitrogens is 4. The Bertz CT molecular complexity index is 280. The molecule has 0 aromatic carbocycles. The van der Waals surface area contributed by atoms with Crippen LogP contribution < -0.4 is 5.73 Å². The average molecular weight is 182 g/mol. The van der Waals surface area contributed by atoms with Crippen molar-refractivity contribution in [2.45, 2.75) is 19.0 Å². The standard InChI is InChI=1S/C7H14N6/c1-12-7(9-10-11-12)5-13-3-2-6(13)4-8/h6H,2-5,8H2,1H3. The zero-order valence-electron chi connectivity index (χ0n) is 7.72. The van der Waals surface area contributed by atoms with Crippen molar-refractivity contribution in [1.29, 1.82) is 0 Å². The van der Waals surface area contributed by atoms with Gasteiger partial charge in [-0.25, -0.2) is 4.68 Å². The van der Waals surface area contributed by atoms with Gasteiger partial charge in [-0.2, -0.15) is 0 Å². The molecule has 0 amide bonds. The van der Waals surface area contributed by atoms with Crippen molar-refractivity contribution in [2.75, 3.05) is 13.1 Å². The summed E-state index contributed by atoms with van der Waals surface area (Å²) in [6, 6.07) is 0.525. The number of likely N-dealkylation sites (tertiary alicyclic amines) is 1. The van der Waals surface area contributed by atoms with Gasteiger partial charge in [-0.15, -0.1) is 5.10 Å². The molecule has 6 nitrogen and oxygen atoms in total. The Kier molecular flexibility index (Phi) is 2.24. The number of rotatable bonds is 3. The van der Waals surface area contributed by atoms with E-state index in [4.69, 9.17) is 5.73 Å². The Hall–Kier alpha value is -1.01. The van der Waals surface area contributed by atoms with Crippen molar-refractivity contribution >= 4 is 0 Å². The van der Waals surface area contributed by atoms with E-state index in [1.54, 1.807) is 4.68 Å². The first-order valence-electron chi connectivity index (χ1n) is 4.46. The Balaban J connectivity index is 1.95. The van der Waals surface area contributed by atoms with Gasteiger partial charge in [0.15, 0.2) is 5.82 Å². The van der Waals surface area contributed by atoms with Gasteiger partial charge in [-0.1, -0.05) is 0 Å². The number of aryl methyl sites for hydroxylation is 1. The molecule has 0 saturated carbocycles. The topological polar surface area (TPSA) is 72.9 Å². The lowest BCUT2D eigenvalue weighted by molar-refractivity contribution is 0.0836. The summed E-state index contributed by atoms with van der Waals surface area (Å²) in [5, 5.41) is 11.3. The van der Waals surface area contributed by atoms with E-state index in [0.29, 0.717) is 6.04 Å². The number of nitrogens with two attached hydrogens (primary N) is 1. The van der Waals surface area contributed by atoms with Gasteiger partial charge in [0, 0.05) is 26.2 Å². The van der Waals surface area contributed by atoms with Crippen LogP contribution in [0.4, 0.5) is 0 Å². The molecule has 1 aliphatic rings. The highest BCUT2D eigenvalue weighted by molar-refractivity contribution is 4.89. The van der Waals surface area contributed by atoms with Crippen molar-refractivity contribution in [1.82, 2.24) is 25.1 Å². The van der Waals surface area contributed by atoms with E-state index < -0.39 is 0 Å². The van der Waals surface area contributed by atoms with Crippen molar-refractivity contribution in [3.05, 3.63) is 5.82 Å². The first-order valence-corrected chi connectivity index (χ1v) is 4.46. The molecule has 13 heavy (non-hydrogen) atoms. The highest BCUT2D eigenvalue weighted by Gasteiger charge is 2.27. The van der Waals surface area contributed by atoms with Gasteiger partial charge < -0.3 is 5.73 Å². The number of hydrogen-bond acceptors (Lipinski definition) is 5. The van der Waals surface area contributed by atoms with E-state index in [2.05, 4.69) is 20.4 Å². The van der Waals surface area contributed by atoms with Crippen molar-refractivity contribution in [2.24, 2.45) is 12.8 Å². The molecule has 1 aliphatic heterocycles. The molecule has 6 heteroatoms. The lowest BCUT2D eigenvalue weighted by atomic mass is 10.0. The summed E-state index contributed by atoms with van der Waals surface area (Å²) < 4.78 is 1.70. The van der Waals surface area contributed by atoms with Crippen molar-refractivity contribution in [3.8, 4) is 0 Å². The number of nitrogens with zero attached hydrogens (tertiary/aromatic N) is 5. The van der Waals surface area contributed by atoms with Gasteiger partial charge in [0.05, 0.1) is 6.54 Å². The Morgan fingerprint density at radius 2 is 2.46 bits per heavy atom. The third-order valence-electron chi connectivity index (χ3n) is 2.59. The highest BCUT2D eigenvalue weighted by Crippen LogP contribution is 2.17. The third kappa shape index (κ3) is 1.54. The summed E-state index contributed by atoms with van der Waals surface area (Å²) in [4.78, 5) is 2.30. The summed E-state index contributed by atoms with van der Waals surface area (Å²) >= 11 is 0. The quantitative estimate of drug-likeness (QED) is 0.632. The van der Waals surface area contributed by atoms with E-state index in [9.17, 15) is 0 Å². The van der Waals surface area contributed by atoms with Crippen LogP contribution in [-0.4, -0.2) is 44.2 Å². The van der Waals surface area contributed by atoms with Crippen LogP contribution in [0.1, 0.15) is 12.2 Å². The smallest absolute Gasteiger partial charge is 0.164 e. The molecule has 1 fully saturated rings. The molecule has 0 bridgehead atoms. The molecule has 1 atom stereocenters. The number of tetrazole rings is 1. The molecule has 1 aromatic rings. The second-order valence-electron chi connectivity index (χ2n) is 3.37. The molecular weight excluding hydrogens is 168 g/mol. The maximum Gasteiger partial charge on any atom is 0.164 e. The van der Waals surface area contributed by atoms with Gasteiger partial charge in [-0.3, -0.25) is 4.90 Å². The van der Waals surface area contributed by atoms with Crippen LogP contribution in [0.5, 0.6) is 0 Å². The lowest BCUT2D eigenvalue weighted by Crippen LogP contribution is -2.51. The SMILES string of the molecule is Cn1nnnc1CN1CCC1CN. The van der Waals surface area contributed by atoms with Crippen molar-refractivity contribution in [3.63, 3.8) is 0 Å². The molecule has 72 valence electrons. The number of hydrogen-bond donors (Lipinski definition) is 1. The zero-order valence-corrected chi connectivity index (χ0v) is 7.72. The van der Waals surface area contributed by atoms with Gasteiger partial charge >= 0.3 is 0 Å². The molecule has 2 rings (SSSR count). The fraction of sp³-hybridized carbons (Fsp3) is 0.857. The fourth-order valence-corrected chi connectivity index (χ4v) is 1.53. The van der Waals surface area contributed by atoms with Crippen molar-refractivity contribution < 1.29 is 0 Å². The second-order valence-corrected chi connectivity index (χ2v) is 3.37. The minimum absolute atomic E-state index is 0.525. The van der Waals surface area contributed by atoms with E-state index in [1.165, 1.54) is 6.42 Å². The first kappa shape index (κ1) is 8.58. The van der Waals surface area contributed by atoms with Crippen LogP contribution in [0.15, 0.2) is 0 Å². The molecule has 1 aromatic heterocycles. The van der Waals surface area contributed by atoms with Gasteiger partial charge in [0.2, 0.25) is 0 Å². The van der Waals surface area contributed by atoms with Gasteiger partial charge in [0.1, 0.15) is 0 Å². The minimum atomic E-state index is 0.525. The molecule has 0 spiro atoms. The van der Waals surface area contributed by atoms with Gasteiger partial charge in [-0.05, 0) is 16.8 Å². The van der Waals surface area contributed by atoms with E-state index >= 15 is 0 Å². The molecule has 1 saturated heterocycles. The van der Waals surface area contributed by atoms with Crippen LogP contribution in [0.3, 0.4) is 0 Å². The maximum atomic E-state index is 5.59. The molecule has 2 heterocycles. The summed E-state index contributed by atoms with van der Waals surface area (Å²) in [5.41, 5.74) is 5.59. The normalized spacial score (nSPS) is 23.1. The largest absolute Gasteiger partial charge is 0.329 e. The van der Waals surface area contributed by atoms with Crippen LogP contribution in [0.2, 0.25) is 0 Å². The van der Waals surface area contributed by atoms with E-state index in [0.717, 1.165) is 25.5 Å². The van der Waals surface area contributed by atoms with Crippen LogP contribution in [0.25, 0.3) is 0 Å². The van der Waals surface area contributed by atoms with Crippen LogP contribution in [-0.2, 0) is 13.6 Å². The Morgan fingerprint density at radius 1 is 1.62 bits per heavy atom. The van der Waals surface area contributed by atoms with E-state index in [1.807, 2.05) is 7.05 Å². The molecule has 0 aliphatic carbocycles. The monoisotopic (exact) mass is 182 g/mol. The molecular formula is C7H14N6. The predicted octanol–water partition coefficient (Wildman–Crippen LogP) is -1.26. The molecule has 1 unspecified atom stereocenters. The van der Waals surface area contributed by atoms with Crippen LogP contribution >= 0.6 is 0 Å². The summed E-state index contributed by atoms with van der Waals surface area (Å²) in [6.07, 6.45) is 1.20. The van der Waals surface area contributed by atoms with E-state index in [-0.39, 0.29) is 0 Å². The first-order chi connectivity index (χ1) is 6.31. The summed E-state index contributed by atoms with van der Waals surface area (Å²) in [5.74, 6) is 0.901. The summed E-state index contributed by atoms with van der Waals surface area (Å²) in [6.45, 7) is 2.64. The molecule has 2 N–H and O–H groups in total. The Morgan fingerprint density at radius 3 is 2.92 bits per heavy atom. The molecule has 0 radical (unpaired) electrons. The average Bonchev–Trinajstić information content (AvgIpc) is 2.46. The predicted molar refractivity (Wildman–Crippen MR) is 46.7 cm³/mol. The maximum absolute atomic E-state index is 5.59. The Labute approximate surface area is 76.7 Å². The lowest BCUT2D eigenvalue weighted by Gasteiger charge is -2.39. The second kappa shape index (κ2) is 3.39. The van der Waals surface area contributed by atoms with Crippen LogP contribution in [0, 0.1) is 0 Å². The summed E-state index contributed by atoms with van der Waals surface area (Å²) in [7, 11) is 1.85. The zero-order chi connectivity index (χ0) is 9.26. The fourth-order valence-electron chi connectivity index (χ4n) is 1.53. The third-order valence-corrected chi connectivity index (χ3v) is 2.59.